The van der Waals surface area contributed by atoms with Crippen LogP contribution < -0.4 is 5.32 Å². The standard InChI is InChI=1S/C12H7BrFN3O4/c13-8-4-7(14)1-2-9(8)16-11-10(17(20)21)3-6(5-15-11)12(18)19/h1-5H,(H,15,16)(H,18,19). The highest BCUT2D eigenvalue weighted by molar-refractivity contribution is 9.10. The van der Waals surface area contributed by atoms with E-state index in [2.05, 4.69) is 26.2 Å². The quantitative estimate of drug-likeness (QED) is 0.643. The van der Waals surface area contributed by atoms with E-state index in [9.17, 15) is 19.3 Å². The fourth-order valence-corrected chi connectivity index (χ4v) is 1.97. The van der Waals surface area contributed by atoms with Crippen molar-refractivity contribution in [2.45, 2.75) is 0 Å². The highest BCUT2D eigenvalue weighted by Gasteiger charge is 2.19. The van der Waals surface area contributed by atoms with E-state index in [-0.39, 0.29) is 11.4 Å². The van der Waals surface area contributed by atoms with Crippen LogP contribution in [-0.2, 0) is 0 Å². The third-order valence-corrected chi connectivity index (χ3v) is 3.15. The van der Waals surface area contributed by atoms with E-state index in [1.165, 1.54) is 18.2 Å². The Morgan fingerprint density at radius 2 is 2.14 bits per heavy atom. The molecule has 2 aromatic rings. The van der Waals surface area contributed by atoms with Gasteiger partial charge in [0.2, 0.25) is 5.82 Å². The average molecular weight is 356 g/mol. The van der Waals surface area contributed by atoms with Crippen LogP contribution in [0.2, 0.25) is 0 Å². The molecule has 21 heavy (non-hydrogen) atoms. The van der Waals surface area contributed by atoms with Crippen molar-refractivity contribution in [1.29, 1.82) is 0 Å². The third kappa shape index (κ3) is 3.31. The van der Waals surface area contributed by atoms with E-state index in [1.54, 1.807) is 0 Å². The molecule has 0 saturated carbocycles. The topological polar surface area (TPSA) is 105 Å². The monoisotopic (exact) mass is 355 g/mol. The molecule has 0 atom stereocenters. The van der Waals surface area contributed by atoms with Gasteiger partial charge in [0.05, 0.1) is 16.2 Å². The summed E-state index contributed by atoms with van der Waals surface area (Å²) in [6.45, 7) is 0. The average Bonchev–Trinajstić information content (AvgIpc) is 2.41. The maximum atomic E-state index is 13.0. The molecule has 0 radical (unpaired) electrons. The zero-order chi connectivity index (χ0) is 15.6. The second-order valence-electron chi connectivity index (χ2n) is 3.90. The van der Waals surface area contributed by atoms with Crippen LogP contribution >= 0.6 is 15.9 Å². The van der Waals surface area contributed by atoms with Crippen molar-refractivity contribution in [3.63, 3.8) is 0 Å². The van der Waals surface area contributed by atoms with Crippen molar-refractivity contribution in [1.82, 2.24) is 4.98 Å². The molecule has 0 amide bonds. The van der Waals surface area contributed by atoms with Crippen LogP contribution in [-0.4, -0.2) is 21.0 Å². The first-order chi connectivity index (χ1) is 9.88. The number of aromatic nitrogens is 1. The number of aromatic carboxylic acids is 1. The highest BCUT2D eigenvalue weighted by atomic mass is 79.9. The Hall–Kier alpha value is -2.55. The molecule has 0 aliphatic rings. The molecule has 0 bridgehead atoms. The summed E-state index contributed by atoms with van der Waals surface area (Å²) in [6.07, 6.45) is 0.995. The second-order valence-corrected chi connectivity index (χ2v) is 4.76. The van der Waals surface area contributed by atoms with Crippen molar-refractivity contribution in [3.8, 4) is 0 Å². The maximum absolute atomic E-state index is 13.0. The van der Waals surface area contributed by atoms with Crippen molar-refractivity contribution in [2.24, 2.45) is 0 Å². The first kappa shape index (κ1) is 14.9. The predicted octanol–water partition coefficient (Wildman–Crippen LogP) is 3.33. The van der Waals surface area contributed by atoms with Gasteiger partial charge in [-0.2, -0.15) is 0 Å². The molecule has 7 nitrogen and oxygen atoms in total. The summed E-state index contributed by atoms with van der Waals surface area (Å²) in [5, 5.41) is 22.5. The first-order valence-corrected chi connectivity index (χ1v) is 6.27. The molecule has 0 spiro atoms. The van der Waals surface area contributed by atoms with Crippen LogP contribution in [0, 0.1) is 15.9 Å². The van der Waals surface area contributed by atoms with Crippen LogP contribution in [0.5, 0.6) is 0 Å². The first-order valence-electron chi connectivity index (χ1n) is 5.48. The molecule has 0 fully saturated rings. The summed E-state index contributed by atoms with van der Waals surface area (Å²) >= 11 is 3.11. The summed E-state index contributed by atoms with van der Waals surface area (Å²) in [4.78, 5) is 24.8. The number of nitrogens with one attached hydrogen (secondary N) is 1. The van der Waals surface area contributed by atoms with Crippen LogP contribution in [0.4, 0.5) is 21.6 Å². The van der Waals surface area contributed by atoms with Crippen LogP contribution in [0.1, 0.15) is 10.4 Å². The predicted molar refractivity (Wildman–Crippen MR) is 75.2 cm³/mol. The Morgan fingerprint density at radius 1 is 1.43 bits per heavy atom. The Bertz CT molecular complexity index is 738. The van der Waals surface area contributed by atoms with Gasteiger partial charge in [-0.15, -0.1) is 0 Å². The van der Waals surface area contributed by atoms with E-state index >= 15 is 0 Å². The lowest BCUT2D eigenvalue weighted by atomic mass is 10.2. The second kappa shape index (κ2) is 5.83. The highest BCUT2D eigenvalue weighted by Crippen LogP contribution is 2.30. The number of carboxylic acid groups (broad SMARTS) is 1. The molecular weight excluding hydrogens is 349 g/mol. The maximum Gasteiger partial charge on any atom is 0.337 e. The lowest BCUT2D eigenvalue weighted by Crippen LogP contribution is -2.04. The summed E-state index contributed by atoms with van der Waals surface area (Å²) in [6, 6.07) is 4.62. The number of hydrogen-bond acceptors (Lipinski definition) is 5. The molecule has 9 heteroatoms. The minimum atomic E-state index is -1.32. The number of nitrogens with zero attached hydrogens (tertiary/aromatic N) is 2. The zero-order valence-corrected chi connectivity index (χ0v) is 11.8. The number of halogens is 2. The Labute approximate surface area is 125 Å². The summed E-state index contributed by atoms with van der Waals surface area (Å²) in [5.41, 5.74) is -0.438. The lowest BCUT2D eigenvalue weighted by molar-refractivity contribution is -0.384. The Kier molecular flexibility index (Phi) is 4.13. The number of carboxylic acids is 1. The van der Waals surface area contributed by atoms with Crippen LogP contribution in [0.3, 0.4) is 0 Å². The molecule has 0 aliphatic heterocycles. The zero-order valence-electron chi connectivity index (χ0n) is 10.2. The van der Waals surface area contributed by atoms with Crippen LogP contribution in [0.15, 0.2) is 34.9 Å². The van der Waals surface area contributed by atoms with Gasteiger partial charge in [-0.05, 0) is 34.1 Å². The molecule has 108 valence electrons. The summed E-state index contributed by atoms with van der Waals surface area (Å²) < 4.78 is 13.3. The fraction of sp³-hybridized carbons (Fsp3) is 0. The molecule has 1 aromatic heterocycles. The number of carbonyl (C=O) groups is 1. The molecule has 0 aliphatic carbocycles. The minimum Gasteiger partial charge on any atom is -0.478 e. The molecule has 1 aromatic carbocycles. The van der Waals surface area contributed by atoms with Gasteiger partial charge in [-0.25, -0.2) is 14.2 Å². The normalized spacial score (nSPS) is 10.2. The number of pyridine rings is 1. The number of benzene rings is 1. The van der Waals surface area contributed by atoms with Crippen molar-refractivity contribution in [2.75, 3.05) is 5.32 Å². The van der Waals surface area contributed by atoms with E-state index in [1.807, 2.05) is 0 Å². The Balaban J connectivity index is 2.44. The summed E-state index contributed by atoms with van der Waals surface area (Å²) in [5.74, 6) is -1.94. The van der Waals surface area contributed by atoms with Gasteiger partial charge < -0.3 is 10.4 Å². The molecule has 0 unspecified atom stereocenters. The van der Waals surface area contributed by atoms with Crippen molar-refractivity contribution in [3.05, 3.63) is 56.4 Å². The van der Waals surface area contributed by atoms with Gasteiger partial charge in [0.1, 0.15) is 5.82 Å². The molecule has 2 rings (SSSR count). The number of nitro groups is 1. The largest absolute Gasteiger partial charge is 0.478 e. The molecular formula is C12H7BrFN3O4. The van der Waals surface area contributed by atoms with E-state index in [0.29, 0.717) is 10.2 Å². The van der Waals surface area contributed by atoms with Gasteiger partial charge >= 0.3 is 11.7 Å². The van der Waals surface area contributed by atoms with Crippen molar-refractivity contribution >= 4 is 39.1 Å². The van der Waals surface area contributed by atoms with Gasteiger partial charge in [0.15, 0.2) is 0 Å². The Morgan fingerprint density at radius 3 is 2.71 bits per heavy atom. The van der Waals surface area contributed by atoms with Gasteiger partial charge in [-0.1, -0.05) is 0 Å². The summed E-state index contributed by atoms with van der Waals surface area (Å²) in [7, 11) is 0. The smallest absolute Gasteiger partial charge is 0.337 e. The SMILES string of the molecule is O=C(O)c1cnc(Nc2ccc(F)cc2Br)c([N+](=O)[O-])c1. The minimum absolute atomic E-state index is 0.141. The van der Waals surface area contributed by atoms with E-state index < -0.39 is 22.4 Å². The third-order valence-electron chi connectivity index (χ3n) is 2.50. The fourth-order valence-electron chi connectivity index (χ4n) is 1.52. The van der Waals surface area contributed by atoms with E-state index in [4.69, 9.17) is 5.11 Å². The van der Waals surface area contributed by atoms with Gasteiger partial charge in [0, 0.05) is 16.7 Å². The molecule has 0 saturated heterocycles. The van der Waals surface area contributed by atoms with E-state index in [0.717, 1.165) is 12.3 Å². The lowest BCUT2D eigenvalue weighted by Gasteiger charge is -2.08. The number of rotatable bonds is 4. The van der Waals surface area contributed by atoms with Gasteiger partial charge in [-0.3, -0.25) is 10.1 Å². The molecule has 1 heterocycles. The van der Waals surface area contributed by atoms with Crippen molar-refractivity contribution < 1.29 is 19.2 Å². The molecule has 2 N–H and O–H groups in total. The number of anilines is 2. The van der Waals surface area contributed by atoms with Crippen LogP contribution in [0.25, 0.3) is 0 Å². The van der Waals surface area contributed by atoms with Gasteiger partial charge in [0.25, 0.3) is 0 Å². The number of hydrogen-bond donors (Lipinski definition) is 2.